The van der Waals surface area contributed by atoms with Gasteiger partial charge in [0.2, 0.25) is 0 Å². The first-order valence-electron chi connectivity index (χ1n) is 5.69. The molecule has 0 aromatic heterocycles. The van der Waals surface area contributed by atoms with Crippen molar-refractivity contribution >= 4 is 21.6 Å². The number of halogens is 1. The molecule has 1 aromatic carbocycles. The summed E-state index contributed by atoms with van der Waals surface area (Å²) >= 11 is 3.40. The van der Waals surface area contributed by atoms with Gasteiger partial charge in [0.25, 0.3) is 0 Å². The SMILES string of the molecule is CC1(Nc2cccc(Br)c2C#N)CCOCC1. The lowest BCUT2D eigenvalue weighted by atomic mass is 9.92. The van der Waals surface area contributed by atoms with E-state index in [0.717, 1.165) is 36.2 Å². The number of nitrogens with zero attached hydrogens (tertiary/aromatic N) is 1. The zero-order chi connectivity index (χ0) is 12.3. The lowest BCUT2D eigenvalue weighted by Gasteiger charge is -2.35. The van der Waals surface area contributed by atoms with Crippen LogP contribution in [0.4, 0.5) is 5.69 Å². The maximum Gasteiger partial charge on any atom is 0.103 e. The topological polar surface area (TPSA) is 45.0 Å². The van der Waals surface area contributed by atoms with E-state index >= 15 is 0 Å². The molecule has 1 aromatic rings. The van der Waals surface area contributed by atoms with Crippen LogP contribution in [0.3, 0.4) is 0 Å². The van der Waals surface area contributed by atoms with Gasteiger partial charge in [-0.15, -0.1) is 0 Å². The summed E-state index contributed by atoms with van der Waals surface area (Å²) in [5.74, 6) is 0. The van der Waals surface area contributed by atoms with E-state index in [0.29, 0.717) is 5.56 Å². The fourth-order valence-corrected chi connectivity index (χ4v) is 2.47. The average Bonchev–Trinajstić information content (AvgIpc) is 2.30. The van der Waals surface area contributed by atoms with Crippen molar-refractivity contribution in [2.75, 3.05) is 18.5 Å². The number of anilines is 1. The van der Waals surface area contributed by atoms with E-state index in [1.54, 1.807) is 0 Å². The number of hydrogen-bond acceptors (Lipinski definition) is 3. The van der Waals surface area contributed by atoms with Crippen LogP contribution in [0, 0.1) is 11.3 Å². The van der Waals surface area contributed by atoms with Crippen molar-refractivity contribution in [1.82, 2.24) is 0 Å². The van der Waals surface area contributed by atoms with Crippen LogP contribution in [0.1, 0.15) is 25.3 Å². The zero-order valence-corrected chi connectivity index (χ0v) is 11.4. The molecule has 3 nitrogen and oxygen atoms in total. The van der Waals surface area contributed by atoms with Crippen LogP contribution in [0.5, 0.6) is 0 Å². The minimum Gasteiger partial charge on any atom is -0.381 e. The van der Waals surface area contributed by atoms with Gasteiger partial charge in [-0.3, -0.25) is 0 Å². The molecule has 0 amide bonds. The molecule has 1 fully saturated rings. The predicted molar refractivity (Wildman–Crippen MR) is 70.9 cm³/mol. The molecular formula is C13H15BrN2O. The Morgan fingerprint density at radius 3 is 2.76 bits per heavy atom. The van der Waals surface area contributed by atoms with E-state index in [1.165, 1.54) is 0 Å². The van der Waals surface area contributed by atoms with Gasteiger partial charge in [-0.25, -0.2) is 0 Å². The molecule has 0 spiro atoms. The molecule has 1 aliphatic rings. The highest BCUT2D eigenvalue weighted by molar-refractivity contribution is 9.10. The third-order valence-electron chi connectivity index (χ3n) is 3.16. The van der Waals surface area contributed by atoms with E-state index in [-0.39, 0.29) is 5.54 Å². The summed E-state index contributed by atoms with van der Waals surface area (Å²) < 4.78 is 6.20. The van der Waals surface area contributed by atoms with Crippen molar-refractivity contribution in [2.45, 2.75) is 25.3 Å². The van der Waals surface area contributed by atoms with Crippen molar-refractivity contribution in [1.29, 1.82) is 5.26 Å². The number of hydrogen-bond donors (Lipinski definition) is 1. The van der Waals surface area contributed by atoms with E-state index in [2.05, 4.69) is 34.2 Å². The molecule has 1 heterocycles. The minimum absolute atomic E-state index is 0.0185. The highest BCUT2D eigenvalue weighted by Crippen LogP contribution is 2.30. The van der Waals surface area contributed by atoms with Gasteiger partial charge in [0.1, 0.15) is 6.07 Å². The zero-order valence-electron chi connectivity index (χ0n) is 9.79. The fraction of sp³-hybridized carbons (Fsp3) is 0.462. The molecule has 0 aliphatic carbocycles. The summed E-state index contributed by atoms with van der Waals surface area (Å²) in [5, 5.41) is 12.7. The fourth-order valence-electron chi connectivity index (χ4n) is 2.01. The Morgan fingerprint density at radius 1 is 1.41 bits per heavy atom. The summed E-state index contributed by atoms with van der Waals surface area (Å²) in [4.78, 5) is 0. The van der Waals surface area contributed by atoms with Gasteiger partial charge in [-0.2, -0.15) is 5.26 Å². The molecule has 2 rings (SSSR count). The maximum absolute atomic E-state index is 9.17. The van der Waals surface area contributed by atoms with Gasteiger partial charge in [0, 0.05) is 23.2 Å². The van der Waals surface area contributed by atoms with Crippen molar-refractivity contribution in [3.63, 3.8) is 0 Å². The van der Waals surface area contributed by atoms with Gasteiger partial charge >= 0.3 is 0 Å². The number of benzene rings is 1. The summed E-state index contributed by atoms with van der Waals surface area (Å²) in [6.45, 7) is 3.73. The Kier molecular flexibility index (Phi) is 3.70. The first kappa shape index (κ1) is 12.4. The second kappa shape index (κ2) is 5.07. The molecular weight excluding hydrogens is 280 g/mol. The maximum atomic E-state index is 9.17. The van der Waals surface area contributed by atoms with Gasteiger partial charge in [-0.1, -0.05) is 6.07 Å². The molecule has 17 heavy (non-hydrogen) atoms. The van der Waals surface area contributed by atoms with Crippen LogP contribution in [-0.2, 0) is 4.74 Å². The molecule has 4 heteroatoms. The molecule has 0 bridgehead atoms. The highest BCUT2D eigenvalue weighted by Gasteiger charge is 2.27. The van der Waals surface area contributed by atoms with E-state index < -0.39 is 0 Å². The molecule has 1 N–H and O–H groups in total. The van der Waals surface area contributed by atoms with Crippen molar-refractivity contribution < 1.29 is 4.74 Å². The minimum atomic E-state index is 0.0185. The normalized spacial score (nSPS) is 18.4. The monoisotopic (exact) mass is 294 g/mol. The van der Waals surface area contributed by atoms with Crippen LogP contribution in [0.15, 0.2) is 22.7 Å². The Morgan fingerprint density at radius 2 is 2.12 bits per heavy atom. The summed E-state index contributed by atoms with van der Waals surface area (Å²) in [7, 11) is 0. The van der Waals surface area contributed by atoms with Gasteiger partial charge in [-0.05, 0) is 47.8 Å². The van der Waals surface area contributed by atoms with Gasteiger partial charge < -0.3 is 10.1 Å². The Labute approximate surface area is 110 Å². The summed E-state index contributed by atoms with van der Waals surface area (Å²) in [6.07, 6.45) is 1.93. The first-order valence-corrected chi connectivity index (χ1v) is 6.48. The van der Waals surface area contributed by atoms with Crippen LogP contribution < -0.4 is 5.32 Å². The molecule has 0 radical (unpaired) electrons. The molecule has 0 atom stereocenters. The van der Waals surface area contributed by atoms with E-state index in [1.807, 2.05) is 18.2 Å². The van der Waals surface area contributed by atoms with Crippen LogP contribution in [-0.4, -0.2) is 18.8 Å². The second-order valence-electron chi connectivity index (χ2n) is 4.57. The quantitative estimate of drug-likeness (QED) is 0.910. The number of nitrogens with one attached hydrogen (secondary N) is 1. The van der Waals surface area contributed by atoms with E-state index in [4.69, 9.17) is 10.00 Å². The lowest BCUT2D eigenvalue weighted by Crippen LogP contribution is -2.40. The lowest BCUT2D eigenvalue weighted by molar-refractivity contribution is 0.0658. The second-order valence-corrected chi connectivity index (χ2v) is 5.43. The van der Waals surface area contributed by atoms with Crippen LogP contribution in [0.2, 0.25) is 0 Å². The average molecular weight is 295 g/mol. The Hall–Kier alpha value is -1.05. The Bertz CT molecular complexity index is 447. The van der Waals surface area contributed by atoms with Crippen LogP contribution >= 0.6 is 15.9 Å². The highest BCUT2D eigenvalue weighted by atomic mass is 79.9. The van der Waals surface area contributed by atoms with Crippen molar-refractivity contribution in [3.8, 4) is 6.07 Å². The standard InChI is InChI=1S/C13H15BrN2O/c1-13(5-7-17-8-6-13)16-12-4-2-3-11(14)10(12)9-15/h2-4,16H,5-8H2,1H3. The smallest absolute Gasteiger partial charge is 0.103 e. The van der Waals surface area contributed by atoms with Gasteiger partial charge in [0.05, 0.1) is 11.3 Å². The predicted octanol–water partition coefficient (Wildman–Crippen LogP) is 3.30. The van der Waals surface area contributed by atoms with Crippen molar-refractivity contribution in [3.05, 3.63) is 28.2 Å². The third-order valence-corrected chi connectivity index (χ3v) is 3.82. The molecule has 0 saturated carbocycles. The molecule has 1 aliphatic heterocycles. The van der Waals surface area contributed by atoms with Crippen LogP contribution in [0.25, 0.3) is 0 Å². The Balaban J connectivity index is 2.24. The largest absolute Gasteiger partial charge is 0.381 e. The van der Waals surface area contributed by atoms with Crippen molar-refractivity contribution in [2.24, 2.45) is 0 Å². The summed E-state index contributed by atoms with van der Waals surface area (Å²) in [6, 6.07) is 8.00. The number of ether oxygens (including phenoxy) is 1. The molecule has 90 valence electrons. The first-order chi connectivity index (χ1) is 8.14. The third kappa shape index (κ3) is 2.80. The summed E-state index contributed by atoms with van der Waals surface area (Å²) in [5.41, 5.74) is 1.58. The number of nitriles is 1. The van der Waals surface area contributed by atoms with Gasteiger partial charge in [0.15, 0.2) is 0 Å². The van der Waals surface area contributed by atoms with E-state index in [9.17, 15) is 0 Å². The number of rotatable bonds is 2. The molecule has 0 unspecified atom stereocenters. The molecule has 1 saturated heterocycles.